The second kappa shape index (κ2) is 7.51. The van der Waals surface area contributed by atoms with Crippen LogP contribution in [0.2, 0.25) is 10.0 Å². The second-order valence-electron chi connectivity index (χ2n) is 5.30. The highest BCUT2D eigenvalue weighted by Gasteiger charge is 2.09. The van der Waals surface area contributed by atoms with Crippen LogP contribution in [0.5, 0.6) is 0 Å². The van der Waals surface area contributed by atoms with Crippen LogP contribution in [0.1, 0.15) is 5.56 Å². The van der Waals surface area contributed by atoms with Crippen molar-refractivity contribution < 1.29 is 0 Å². The number of hydrogen-bond acceptors (Lipinski definition) is 4. The number of hydrogen-bond donors (Lipinski definition) is 1. The molecule has 0 saturated carbocycles. The van der Waals surface area contributed by atoms with Gasteiger partial charge in [0.05, 0.1) is 15.7 Å². The molecule has 0 bridgehead atoms. The first kappa shape index (κ1) is 16.6. The highest BCUT2D eigenvalue weighted by molar-refractivity contribution is 6.39. The molecule has 24 heavy (non-hydrogen) atoms. The lowest BCUT2D eigenvalue weighted by molar-refractivity contribution is 0.893. The minimum atomic E-state index is 0.447. The van der Waals surface area contributed by atoms with Gasteiger partial charge in [-0.2, -0.15) is 4.98 Å². The van der Waals surface area contributed by atoms with Gasteiger partial charge < -0.3 is 10.2 Å². The number of halogens is 2. The maximum atomic E-state index is 6.18. The Bertz CT molecular complexity index is 804. The Morgan fingerprint density at radius 1 is 0.958 bits per heavy atom. The average molecular weight is 359 g/mol. The van der Waals surface area contributed by atoms with E-state index < -0.39 is 0 Å². The lowest BCUT2D eigenvalue weighted by Crippen LogP contribution is -2.18. The minimum Gasteiger partial charge on any atom is -0.355 e. The number of aromatic nitrogens is 2. The van der Waals surface area contributed by atoms with E-state index in [1.54, 1.807) is 24.4 Å². The Morgan fingerprint density at radius 2 is 1.67 bits per heavy atom. The Kier molecular flexibility index (Phi) is 5.18. The molecule has 2 aromatic carbocycles. The zero-order valence-corrected chi connectivity index (χ0v) is 14.6. The quantitative estimate of drug-likeness (QED) is 0.683. The normalized spacial score (nSPS) is 10.5. The van der Waals surface area contributed by atoms with Crippen molar-refractivity contribution in [2.45, 2.75) is 6.54 Å². The first-order valence-corrected chi connectivity index (χ1v) is 8.18. The topological polar surface area (TPSA) is 41.1 Å². The van der Waals surface area contributed by atoms with E-state index in [9.17, 15) is 0 Å². The summed E-state index contributed by atoms with van der Waals surface area (Å²) >= 11 is 12.4. The fraction of sp³-hybridized carbons (Fsp3) is 0.111. The molecule has 3 rings (SSSR count). The molecule has 4 nitrogen and oxygen atoms in total. The summed E-state index contributed by atoms with van der Waals surface area (Å²) in [5, 5.41) is 4.13. The average Bonchev–Trinajstić information content (AvgIpc) is 2.59. The lowest BCUT2D eigenvalue weighted by Gasteiger charge is -2.19. The van der Waals surface area contributed by atoms with Crippen LogP contribution in [0.25, 0.3) is 0 Å². The fourth-order valence-electron chi connectivity index (χ4n) is 2.29. The summed E-state index contributed by atoms with van der Waals surface area (Å²) in [5.74, 6) is 1.25. The van der Waals surface area contributed by atoms with E-state index in [0.29, 0.717) is 21.7 Å². The predicted octanol–water partition coefficient (Wildman–Crippen LogP) is 5.16. The first-order valence-electron chi connectivity index (χ1n) is 7.42. The van der Waals surface area contributed by atoms with Crippen LogP contribution in [0.3, 0.4) is 0 Å². The van der Waals surface area contributed by atoms with Crippen LogP contribution >= 0.6 is 23.2 Å². The van der Waals surface area contributed by atoms with E-state index in [0.717, 1.165) is 12.4 Å². The van der Waals surface area contributed by atoms with Gasteiger partial charge in [-0.05, 0) is 23.8 Å². The fourth-order valence-corrected chi connectivity index (χ4v) is 2.78. The van der Waals surface area contributed by atoms with Crippen molar-refractivity contribution in [2.75, 3.05) is 17.3 Å². The smallest absolute Gasteiger partial charge is 0.229 e. The van der Waals surface area contributed by atoms with Crippen molar-refractivity contribution in [3.05, 3.63) is 76.4 Å². The molecule has 122 valence electrons. The van der Waals surface area contributed by atoms with E-state index in [2.05, 4.69) is 32.3 Å². The van der Waals surface area contributed by atoms with E-state index >= 15 is 0 Å². The van der Waals surface area contributed by atoms with Gasteiger partial charge in [0.1, 0.15) is 5.82 Å². The largest absolute Gasteiger partial charge is 0.355 e. The van der Waals surface area contributed by atoms with Gasteiger partial charge >= 0.3 is 0 Å². The first-order chi connectivity index (χ1) is 11.6. The summed E-state index contributed by atoms with van der Waals surface area (Å²) in [6.07, 6.45) is 1.71. The molecule has 0 amide bonds. The molecule has 1 N–H and O–H groups in total. The molecule has 0 saturated heterocycles. The third-order valence-electron chi connectivity index (χ3n) is 3.49. The molecule has 1 heterocycles. The molecule has 0 aliphatic rings. The van der Waals surface area contributed by atoms with E-state index in [-0.39, 0.29) is 0 Å². The van der Waals surface area contributed by atoms with Gasteiger partial charge in [-0.3, -0.25) is 0 Å². The van der Waals surface area contributed by atoms with Crippen LogP contribution in [-0.2, 0) is 6.54 Å². The molecule has 0 spiro atoms. The van der Waals surface area contributed by atoms with Gasteiger partial charge in [0.15, 0.2) is 0 Å². The Morgan fingerprint density at radius 3 is 2.38 bits per heavy atom. The number of rotatable bonds is 5. The van der Waals surface area contributed by atoms with Gasteiger partial charge in [0.2, 0.25) is 5.95 Å². The van der Waals surface area contributed by atoms with Crippen molar-refractivity contribution in [1.82, 2.24) is 9.97 Å². The molecule has 6 heteroatoms. The summed E-state index contributed by atoms with van der Waals surface area (Å²) < 4.78 is 0. The third kappa shape index (κ3) is 3.96. The number of nitrogens with zero attached hydrogens (tertiary/aromatic N) is 3. The van der Waals surface area contributed by atoms with Crippen LogP contribution in [0, 0.1) is 0 Å². The van der Waals surface area contributed by atoms with Crippen molar-refractivity contribution in [3.63, 3.8) is 0 Å². The number of anilines is 3. The van der Waals surface area contributed by atoms with Crippen LogP contribution in [0.4, 0.5) is 17.5 Å². The molecule has 0 aliphatic carbocycles. The summed E-state index contributed by atoms with van der Waals surface area (Å²) in [4.78, 5) is 10.8. The van der Waals surface area contributed by atoms with Gasteiger partial charge in [-0.25, -0.2) is 4.98 Å². The standard InChI is InChI=1S/C18H16Cl2N4/c1-24(12-13-6-3-2-4-7-13)16-10-11-21-18(22-16)23-17-14(19)8-5-9-15(17)20/h2-11H,12H2,1H3,(H,21,22,23). The summed E-state index contributed by atoms with van der Waals surface area (Å²) in [6, 6.07) is 17.4. The SMILES string of the molecule is CN(Cc1ccccc1)c1ccnc(Nc2c(Cl)cccc2Cl)n1. The third-order valence-corrected chi connectivity index (χ3v) is 4.12. The van der Waals surface area contributed by atoms with Gasteiger partial charge in [0, 0.05) is 19.8 Å². The zero-order valence-electron chi connectivity index (χ0n) is 13.1. The van der Waals surface area contributed by atoms with Gasteiger partial charge in [-0.15, -0.1) is 0 Å². The van der Waals surface area contributed by atoms with Crippen molar-refractivity contribution in [3.8, 4) is 0 Å². The molecule has 0 radical (unpaired) electrons. The number of para-hydroxylation sites is 1. The molecule has 0 fully saturated rings. The molecular weight excluding hydrogens is 343 g/mol. The second-order valence-corrected chi connectivity index (χ2v) is 6.12. The summed E-state index contributed by atoms with van der Waals surface area (Å²) in [5.41, 5.74) is 1.81. The van der Waals surface area contributed by atoms with E-state index in [1.807, 2.05) is 31.3 Å². The van der Waals surface area contributed by atoms with Gasteiger partial charge in [-0.1, -0.05) is 59.6 Å². The van der Waals surface area contributed by atoms with Crippen molar-refractivity contribution in [2.24, 2.45) is 0 Å². The monoisotopic (exact) mass is 358 g/mol. The highest BCUT2D eigenvalue weighted by Crippen LogP contribution is 2.31. The van der Waals surface area contributed by atoms with Gasteiger partial charge in [0.25, 0.3) is 0 Å². The zero-order chi connectivity index (χ0) is 16.9. The van der Waals surface area contributed by atoms with Crippen LogP contribution < -0.4 is 10.2 Å². The summed E-state index contributed by atoms with van der Waals surface area (Å²) in [6.45, 7) is 0.754. The van der Waals surface area contributed by atoms with E-state index in [4.69, 9.17) is 23.2 Å². The molecule has 1 aromatic heterocycles. The molecular formula is C18H16Cl2N4. The Hall–Kier alpha value is -2.30. The molecule has 0 atom stereocenters. The molecule has 3 aromatic rings. The van der Waals surface area contributed by atoms with Crippen LogP contribution in [0.15, 0.2) is 60.8 Å². The number of benzene rings is 2. The minimum absolute atomic E-state index is 0.447. The highest BCUT2D eigenvalue weighted by atomic mass is 35.5. The van der Waals surface area contributed by atoms with Crippen molar-refractivity contribution in [1.29, 1.82) is 0 Å². The predicted molar refractivity (Wildman–Crippen MR) is 100 cm³/mol. The number of nitrogens with one attached hydrogen (secondary N) is 1. The van der Waals surface area contributed by atoms with Crippen LogP contribution in [-0.4, -0.2) is 17.0 Å². The Labute approximate surface area is 151 Å². The maximum Gasteiger partial charge on any atom is 0.229 e. The molecule has 0 aliphatic heterocycles. The summed E-state index contributed by atoms with van der Waals surface area (Å²) in [7, 11) is 1.99. The maximum absolute atomic E-state index is 6.18. The van der Waals surface area contributed by atoms with E-state index in [1.165, 1.54) is 5.56 Å². The van der Waals surface area contributed by atoms with Crippen molar-refractivity contribution >= 4 is 40.7 Å². The lowest BCUT2D eigenvalue weighted by atomic mass is 10.2. The molecule has 0 unspecified atom stereocenters. The Balaban J connectivity index is 1.79.